The molecule has 3 aliphatic rings. The number of rotatable bonds is 3. The third kappa shape index (κ3) is 8.40. The predicted molar refractivity (Wildman–Crippen MR) is 118 cm³/mol. The van der Waals surface area contributed by atoms with Gasteiger partial charge in [-0.05, 0) is 52.4 Å². The number of alkyl halides is 1. The van der Waals surface area contributed by atoms with Crippen LogP contribution in [0.3, 0.4) is 0 Å². The maximum Gasteiger partial charge on any atom is 0.231 e. The number of nitrogens with one attached hydrogen (secondary N) is 2. The summed E-state index contributed by atoms with van der Waals surface area (Å²) in [7, 11) is 0. The maximum absolute atomic E-state index is 11.8. The van der Waals surface area contributed by atoms with Crippen molar-refractivity contribution in [1.29, 1.82) is 0 Å². The molecule has 0 aromatic carbocycles. The van der Waals surface area contributed by atoms with E-state index in [-0.39, 0.29) is 112 Å². The molecule has 3 aliphatic heterocycles. The van der Waals surface area contributed by atoms with Crippen LogP contribution in [0.5, 0.6) is 0 Å². The zero-order valence-corrected chi connectivity index (χ0v) is 29.4. The zero-order chi connectivity index (χ0) is 20.1. The molecule has 6 nitrogen and oxygen atoms in total. The maximum atomic E-state index is 11.8. The van der Waals surface area contributed by atoms with Crippen molar-refractivity contribution in [2.45, 2.75) is 95.4 Å². The van der Waals surface area contributed by atoms with E-state index in [1.165, 1.54) is 0 Å². The molecule has 2 amide bonds. The molecule has 5 unspecified atom stereocenters. The molecule has 2 N–H and O–H groups in total. The van der Waals surface area contributed by atoms with Crippen LogP contribution in [0.2, 0.25) is 0 Å². The minimum atomic E-state index is -0.481. The summed E-state index contributed by atoms with van der Waals surface area (Å²) < 4.78 is 1.06. The van der Waals surface area contributed by atoms with Crippen LogP contribution >= 0.6 is 22.6 Å². The van der Waals surface area contributed by atoms with Crippen LogP contribution in [-0.4, -0.2) is 56.3 Å². The van der Waals surface area contributed by atoms with Crippen LogP contribution in [0.1, 0.15) is 65.2 Å². The Kier molecular flexibility index (Phi) is 16.1. The monoisotopic (exact) mass is 942 g/mol. The summed E-state index contributed by atoms with van der Waals surface area (Å²) in [5.74, 6) is -0.114. The van der Waals surface area contributed by atoms with Crippen molar-refractivity contribution < 1.29 is 97.7 Å². The van der Waals surface area contributed by atoms with Gasteiger partial charge in [-0.3, -0.25) is 9.59 Å². The zero-order valence-electron chi connectivity index (χ0n) is 17.7. The molecular weight excluding hydrogens is 909 g/mol. The van der Waals surface area contributed by atoms with Gasteiger partial charge in [-0.25, -0.2) is 0 Å². The van der Waals surface area contributed by atoms with E-state index in [2.05, 4.69) is 36.1 Å². The normalized spacial score (nSPS) is 30.9. The van der Waals surface area contributed by atoms with Gasteiger partial charge in [-0.1, -0.05) is 47.2 Å². The van der Waals surface area contributed by atoms with Crippen molar-refractivity contribution in [3.8, 4) is 0 Å². The summed E-state index contributed by atoms with van der Waals surface area (Å²) in [6, 6.07) is 0.959. The van der Waals surface area contributed by atoms with Crippen molar-refractivity contribution in [2.75, 3.05) is 4.43 Å². The Balaban J connectivity index is 0.000000506. The summed E-state index contributed by atoms with van der Waals surface area (Å²) >= 11 is 2.33. The van der Waals surface area contributed by atoms with Gasteiger partial charge >= 0.3 is 0 Å². The number of amides is 2. The molecule has 0 bridgehead atoms. The molecule has 3 rings (SSSR count). The van der Waals surface area contributed by atoms with E-state index in [4.69, 9.17) is 11.5 Å². The summed E-state index contributed by atoms with van der Waals surface area (Å²) in [5, 5.41) is 0. The average Bonchev–Trinajstić information content (AvgIpc) is 3.12. The first-order valence-corrected chi connectivity index (χ1v) is 11.6. The molecule has 0 aromatic heterocycles. The molecule has 2 radical (unpaired) electrons. The van der Waals surface area contributed by atoms with E-state index in [1.807, 2.05) is 16.7 Å². The minimum absolute atomic E-state index is 0. The standard InChI is InChI=1S/C10H16IN2O.C10H17N2O.2Ac/c1-7-3-4-9(5-6-11)13(7)10(14)8(2)12;1-7-5-6-8-3-2-4-9(11)10(13)12(7)8;;/h7,9,12H,2-6H2,1H3;7-9,11H,2-6H2,1H3;;/q2*-1;;. The topological polar surface area (TPSA) is 88.2 Å². The number of carbonyl (C=O) groups is 2. The second kappa shape index (κ2) is 15.1. The van der Waals surface area contributed by atoms with Gasteiger partial charge < -0.3 is 21.3 Å². The largest absolute Gasteiger partial charge is 0.695 e. The first kappa shape index (κ1) is 31.1. The van der Waals surface area contributed by atoms with Crippen LogP contribution in [-0.2, 0) is 9.59 Å². The molecule has 160 valence electrons. The quantitative estimate of drug-likeness (QED) is 0.233. The Labute approximate surface area is 261 Å². The first-order valence-electron chi connectivity index (χ1n) is 10.1. The molecule has 0 saturated carbocycles. The third-order valence-electron chi connectivity index (χ3n) is 6.09. The van der Waals surface area contributed by atoms with Gasteiger partial charge in [0.05, 0.1) is 0 Å². The van der Waals surface area contributed by atoms with Gasteiger partial charge in [0.15, 0.2) is 0 Å². The van der Waals surface area contributed by atoms with Crippen LogP contribution in [0.25, 0.3) is 11.5 Å². The number of hydrogen-bond acceptors (Lipinski definition) is 2. The first-order chi connectivity index (χ1) is 12.8. The van der Waals surface area contributed by atoms with Crippen molar-refractivity contribution in [2.24, 2.45) is 0 Å². The van der Waals surface area contributed by atoms with Crippen LogP contribution < -0.4 is 0 Å². The summed E-state index contributed by atoms with van der Waals surface area (Å²) in [6.45, 7) is 7.56. The summed E-state index contributed by atoms with van der Waals surface area (Å²) in [6.07, 6.45) is 8.37. The van der Waals surface area contributed by atoms with Crippen molar-refractivity contribution in [1.82, 2.24) is 9.80 Å². The van der Waals surface area contributed by atoms with E-state index >= 15 is 0 Å². The number of halogens is 1. The molecule has 5 atom stereocenters. The second-order valence-electron chi connectivity index (χ2n) is 8.06. The van der Waals surface area contributed by atoms with Crippen LogP contribution in [0, 0.1) is 88.1 Å². The Morgan fingerprint density at radius 1 is 1.10 bits per heavy atom. The average molecular weight is 942 g/mol. The van der Waals surface area contributed by atoms with Gasteiger partial charge in [-0.2, -0.15) is 0 Å². The molecule has 3 heterocycles. The van der Waals surface area contributed by atoms with Gasteiger partial charge in [0.2, 0.25) is 11.8 Å². The molecule has 0 aliphatic carbocycles. The van der Waals surface area contributed by atoms with Crippen LogP contribution in [0.15, 0.2) is 12.3 Å². The molecule has 3 saturated heterocycles. The number of carbonyl (C=O) groups excluding carboxylic acids is 2. The minimum Gasteiger partial charge on any atom is -0.695 e. The van der Waals surface area contributed by atoms with E-state index in [1.54, 1.807) is 0 Å². The Morgan fingerprint density at radius 3 is 2.31 bits per heavy atom. The van der Waals surface area contributed by atoms with Crippen molar-refractivity contribution >= 4 is 34.4 Å². The molecule has 29 heavy (non-hydrogen) atoms. The van der Waals surface area contributed by atoms with E-state index in [0.29, 0.717) is 18.1 Å². The van der Waals surface area contributed by atoms with Gasteiger partial charge in [-0.15, -0.1) is 6.58 Å². The van der Waals surface area contributed by atoms with Crippen molar-refractivity contribution in [3.63, 3.8) is 0 Å². The van der Waals surface area contributed by atoms with Crippen LogP contribution in [0.4, 0.5) is 0 Å². The number of likely N-dealkylation sites (tertiary alicyclic amines) is 1. The van der Waals surface area contributed by atoms with Gasteiger partial charge in [0, 0.05) is 117 Å². The van der Waals surface area contributed by atoms with E-state index in [9.17, 15) is 9.59 Å². The number of nitrogens with zero attached hydrogens (tertiary/aromatic N) is 2. The van der Waals surface area contributed by atoms with Gasteiger partial charge in [0.1, 0.15) is 0 Å². The number of hydrogen-bond donors (Lipinski definition) is 0. The Morgan fingerprint density at radius 2 is 1.72 bits per heavy atom. The van der Waals surface area contributed by atoms with E-state index < -0.39 is 6.04 Å². The predicted octanol–water partition coefficient (Wildman–Crippen LogP) is 4.73. The smallest absolute Gasteiger partial charge is 0.231 e. The second-order valence-corrected chi connectivity index (χ2v) is 9.14. The number of fused-ring (bicyclic) bond motifs is 1. The SMILES string of the molecule is C=C([NH-])C(=O)N1C(C)CCC1CCI.CC1CCC2CCCC([NH-])C(=O)N12.[Ac].[Ac]. The Hall–Kier alpha value is 2.05. The third-order valence-corrected chi connectivity index (χ3v) is 6.71. The van der Waals surface area contributed by atoms with Crippen molar-refractivity contribution in [3.05, 3.63) is 23.7 Å². The fraction of sp³-hybridized carbons (Fsp3) is 0.800. The fourth-order valence-electron chi connectivity index (χ4n) is 4.62. The molecule has 3 fully saturated rings. The molecule has 0 spiro atoms. The molecule has 9 heteroatoms. The van der Waals surface area contributed by atoms with Gasteiger partial charge in [0.25, 0.3) is 0 Å². The fourth-order valence-corrected chi connectivity index (χ4v) is 5.34. The summed E-state index contributed by atoms with van der Waals surface area (Å²) in [4.78, 5) is 27.3. The Bertz CT molecular complexity index is 565. The molecular formula is C20H33Ac2IN4O2-2. The van der Waals surface area contributed by atoms with E-state index in [0.717, 1.165) is 55.8 Å². The molecule has 0 aromatic rings. The summed E-state index contributed by atoms with van der Waals surface area (Å²) in [5.41, 5.74) is 14.9.